The zero-order chi connectivity index (χ0) is 21.8. The molecule has 0 amide bonds. The summed E-state index contributed by atoms with van der Waals surface area (Å²) in [5, 5.41) is 10.7. The Morgan fingerprint density at radius 3 is 2.07 bits per heavy atom. The van der Waals surface area contributed by atoms with Crippen molar-refractivity contribution in [1.82, 2.24) is 0 Å². The molecule has 0 unspecified atom stereocenters. The summed E-state index contributed by atoms with van der Waals surface area (Å²) in [6.07, 6.45) is 4.67. The third-order valence-corrected chi connectivity index (χ3v) is 9.47. The maximum Gasteiger partial charge on any atom is 0.345 e. The van der Waals surface area contributed by atoms with Crippen LogP contribution in [0, 0.1) is 6.92 Å². The highest BCUT2D eigenvalue weighted by atomic mass is 32.1. The minimum Gasteiger partial charge on any atom is -0.477 e. The third-order valence-electron chi connectivity index (χ3n) is 6.42. The highest BCUT2D eigenvalue weighted by Crippen LogP contribution is 2.47. The van der Waals surface area contributed by atoms with E-state index in [0.29, 0.717) is 4.88 Å². The Balaban J connectivity index is 2.22. The van der Waals surface area contributed by atoms with Crippen LogP contribution in [0.5, 0.6) is 0 Å². The molecular formula is C25H34O2SSi. The summed E-state index contributed by atoms with van der Waals surface area (Å²) in [5.41, 5.74) is 6.04. The van der Waals surface area contributed by atoms with E-state index in [2.05, 4.69) is 72.5 Å². The van der Waals surface area contributed by atoms with Crippen LogP contribution < -0.4 is 0 Å². The van der Waals surface area contributed by atoms with E-state index in [0.717, 1.165) is 4.88 Å². The van der Waals surface area contributed by atoms with Crippen LogP contribution in [0.3, 0.4) is 0 Å². The lowest BCUT2D eigenvalue weighted by atomic mass is 9.62. The highest BCUT2D eigenvalue weighted by molar-refractivity contribution is 7.15. The number of carboxylic acid groups (broad SMARTS) is 1. The van der Waals surface area contributed by atoms with Gasteiger partial charge in [0.2, 0.25) is 0 Å². The number of fused-ring (bicyclic) bond motifs is 1. The van der Waals surface area contributed by atoms with Crippen molar-refractivity contribution in [2.75, 3.05) is 0 Å². The van der Waals surface area contributed by atoms with Gasteiger partial charge in [0.25, 0.3) is 0 Å². The highest BCUT2D eigenvalue weighted by Gasteiger charge is 2.38. The molecule has 1 aliphatic rings. The van der Waals surface area contributed by atoms with Crippen LogP contribution in [0.1, 0.15) is 77.3 Å². The fourth-order valence-corrected chi connectivity index (χ4v) is 6.96. The summed E-state index contributed by atoms with van der Waals surface area (Å²) >= 11 is 1.36. The van der Waals surface area contributed by atoms with Crippen LogP contribution in [-0.2, 0) is 10.8 Å². The molecule has 4 heteroatoms. The Labute approximate surface area is 180 Å². The molecule has 0 saturated heterocycles. The molecule has 1 heterocycles. The van der Waals surface area contributed by atoms with Gasteiger partial charge in [-0.2, -0.15) is 0 Å². The zero-order valence-electron chi connectivity index (χ0n) is 19.1. The van der Waals surface area contributed by atoms with Crippen molar-refractivity contribution in [2.24, 2.45) is 0 Å². The number of hydrogen-bond donors (Lipinski definition) is 1. The molecule has 0 spiro atoms. The fraction of sp³-hybridized carbons (Fsp3) is 0.480. The van der Waals surface area contributed by atoms with Crippen molar-refractivity contribution < 1.29 is 9.90 Å². The number of rotatable bonds is 4. The van der Waals surface area contributed by atoms with Gasteiger partial charge in [0.15, 0.2) is 0 Å². The van der Waals surface area contributed by atoms with Crippen molar-refractivity contribution in [3.8, 4) is 0 Å². The molecule has 0 bridgehead atoms. The largest absolute Gasteiger partial charge is 0.477 e. The van der Waals surface area contributed by atoms with Gasteiger partial charge in [-0.1, -0.05) is 64.7 Å². The monoisotopic (exact) mass is 426 g/mol. The van der Waals surface area contributed by atoms with Gasteiger partial charge < -0.3 is 5.11 Å². The number of aromatic carboxylic acids is 1. The molecule has 156 valence electrons. The predicted molar refractivity (Wildman–Crippen MR) is 129 cm³/mol. The van der Waals surface area contributed by atoms with Crippen molar-refractivity contribution in [2.45, 2.75) is 77.9 Å². The van der Waals surface area contributed by atoms with Crippen LogP contribution in [0.2, 0.25) is 19.6 Å². The molecule has 3 rings (SSSR count). The van der Waals surface area contributed by atoms with Crippen LogP contribution in [0.15, 0.2) is 24.3 Å². The summed E-state index contributed by atoms with van der Waals surface area (Å²) in [6.45, 7) is 18.8. The summed E-state index contributed by atoms with van der Waals surface area (Å²) in [6, 6.07) is 8.54. The molecule has 29 heavy (non-hydrogen) atoms. The normalized spacial score (nSPS) is 18.4. The van der Waals surface area contributed by atoms with Gasteiger partial charge in [0.05, 0.1) is 8.07 Å². The summed E-state index contributed by atoms with van der Waals surface area (Å²) in [7, 11) is -1.67. The second-order valence-corrected chi connectivity index (χ2v) is 16.9. The first kappa shape index (κ1) is 22.0. The van der Waals surface area contributed by atoms with Crippen LogP contribution in [0.25, 0.3) is 11.3 Å². The van der Waals surface area contributed by atoms with Crippen molar-refractivity contribution >= 4 is 36.7 Å². The molecule has 1 N–H and O–H groups in total. The minimum absolute atomic E-state index is 0.178. The number of benzene rings is 1. The average Bonchev–Trinajstić information content (AvgIpc) is 3.05. The molecule has 1 aromatic carbocycles. The Bertz CT molecular complexity index is 987. The second-order valence-electron chi connectivity index (χ2n) is 10.8. The van der Waals surface area contributed by atoms with E-state index in [9.17, 15) is 9.90 Å². The summed E-state index contributed by atoms with van der Waals surface area (Å²) in [4.78, 5) is 12.7. The first-order chi connectivity index (χ1) is 13.2. The van der Waals surface area contributed by atoms with E-state index in [1.165, 1.54) is 51.6 Å². The van der Waals surface area contributed by atoms with Gasteiger partial charge in [0.1, 0.15) is 4.88 Å². The van der Waals surface area contributed by atoms with E-state index < -0.39 is 14.0 Å². The Morgan fingerprint density at radius 1 is 1.03 bits per heavy atom. The maximum absolute atomic E-state index is 11.3. The van der Waals surface area contributed by atoms with E-state index in [4.69, 9.17) is 0 Å². The van der Waals surface area contributed by atoms with Crippen LogP contribution in [0.4, 0.5) is 0 Å². The zero-order valence-corrected chi connectivity index (χ0v) is 20.9. The van der Waals surface area contributed by atoms with Crippen LogP contribution in [-0.4, -0.2) is 19.1 Å². The Kier molecular flexibility index (Phi) is 5.50. The number of carbonyl (C=O) groups is 1. The minimum atomic E-state index is -1.67. The first-order valence-electron chi connectivity index (χ1n) is 10.4. The van der Waals surface area contributed by atoms with Crippen LogP contribution >= 0.6 is 11.3 Å². The van der Waals surface area contributed by atoms with E-state index in [-0.39, 0.29) is 10.8 Å². The number of hydrogen-bond acceptors (Lipinski definition) is 2. The predicted octanol–water partition coefficient (Wildman–Crippen LogP) is 7.52. The van der Waals surface area contributed by atoms with Crippen molar-refractivity contribution in [1.29, 1.82) is 0 Å². The molecule has 1 aliphatic carbocycles. The quantitative estimate of drug-likeness (QED) is 0.513. The fourth-order valence-electron chi connectivity index (χ4n) is 4.40. The molecular weight excluding hydrogens is 392 g/mol. The van der Waals surface area contributed by atoms with Gasteiger partial charge in [0, 0.05) is 4.88 Å². The first-order valence-corrected chi connectivity index (χ1v) is 14.8. The third kappa shape index (κ3) is 4.29. The summed E-state index contributed by atoms with van der Waals surface area (Å²) < 4.78 is 0. The molecule has 0 saturated carbocycles. The number of carboxylic acids is 1. The van der Waals surface area contributed by atoms with Gasteiger partial charge in [-0.05, 0) is 71.1 Å². The lowest BCUT2D eigenvalue weighted by Crippen LogP contribution is -2.34. The standard InChI is InChI=1S/C25H34O2SSi/c1-16-13-19-20(25(4,5)12-11-24(19,2)3)15-18(16)22(29(6,7)8)14-17-9-10-21(28-17)23(26)27/h9-10,13-15H,11-12H2,1-8H3,(H,26,27)/b22-14-. The lowest BCUT2D eigenvalue weighted by molar-refractivity contribution is 0.0702. The average molecular weight is 427 g/mol. The molecule has 2 nitrogen and oxygen atoms in total. The topological polar surface area (TPSA) is 37.3 Å². The van der Waals surface area contributed by atoms with Gasteiger partial charge in [-0.25, -0.2) is 4.79 Å². The molecule has 2 aromatic rings. The molecule has 0 aliphatic heterocycles. The molecule has 0 atom stereocenters. The van der Waals surface area contributed by atoms with Gasteiger partial charge in [-0.3, -0.25) is 0 Å². The van der Waals surface area contributed by atoms with Crippen molar-refractivity contribution in [3.05, 3.63) is 56.3 Å². The van der Waals surface area contributed by atoms with E-state index >= 15 is 0 Å². The van der Waals surface area contributed by atoms with E-state index in [1.807, 2.05) is 6.07 Å². The maximum atomic E-state index is 11.3. The second kappa shape index (κ2) is 7.24. The number of aryl methyl sites for hydroxylation is 1. The molecule has 0 radical (unpaired) electrons. The molecule has 1 aromatic heterocycles. The van der Waals surface area contributed by atoms with Crippen molar-refractivity contribution in [3.63, 3.8) is 0 Å². The SMILES string of the molecule is Cc1cc2c(cc1/C(=C/c1ccc(C(=O)O)s1)[Si](C)(C)C)C(C)(C)CCC2(C)C. The summed E-state index contributed by atoms with van der Waals surface area (Å²) in [5.74, 6) is -0.849. The Hall–Kier alpha value is -1.65. The smallest absolute Gasteiger partial charge is 0.345 e. The number of thiophene rings is 1. The Morgan fingerprint density at radius 2 is 1.59 bits per heavy atom. The van der Waals surface area contributed by atoms with Gasteiger partial charge >= 0.3 is 5.97 Å². The van der Waals surface area contributed by atoms with Gasteiger partial charge in [-0.15, -0.1) is 11.3 Å². The lowest BCUT2D eigenvalue weighted by Gasteiger charge is -2.43. The molecule has 0 fully saturated rings. The van der Waals surface area contributed by atoms with E-state index in [1.54, 1.807) is 6.07 Å².